The van der Waals surface area contributed by atoms with Crippen LogP contribution in [0.15, 0.2) is 30.3 Å². The Morgan fingerprint density at radius 1 is 0.714 bits per heavy atom. The van der Waals surface area contributed by atoms with Gasteiger partial charge in [-0.2, -0.15) is 0 Å². The zero-order chi connectivity index (χ0) is 15.9. The molecule has 122 valence electrons. The van der Waals surface area contributed by atoms with Gasteiger partial charge in [-0.1, -0.05) is 110 Å². The Morgan fingerprint density at radius 3 is 1.33 bits per heavy atom. The molecule has 0 nitrogen and oxygen atoms in total. The van der Waals surface area contributed by atoms with Gasteiger partial charge in [-0.25, -0.2) is 0 Å². The van der Waals surface area contributed by atoms with Gasteiger partial charge in [-0.3, -0.25) is 0 Å². The molecule has 0 bridgehead atoms. The Labute approximate surface area is 134 Å². The lowest BCUT2D eigenvalue weighted by molar-refractivity contribution is 0.264. The Morgan fingerprint density at radius 2 is 1.10 bits per heavy atom. The fourth-order valence-electron chi connectivity index (χ4n) is 2.76. The van der Waals surface area contributed by atoms with E-state index in [9.17, 15) is 0 Å². The number of hydrogen-bond acceptors (Lipinski definition) is 0. The largest absolute Gasteiger partial charge is 0.0656 e. The molecule has 0 saturated heterocycles. The molecule has 0 radical (unpaired) electrons. The van der Waals surface area contributed by atoms with Crippen molar-refractivity contribution < 1.29 is 0 Å². The van der Waals surface area contributed by atoms with Gasteiger partial charge in [0.05, 0.1) is 0 Å². The average Bonchev–Trinajstić information content (AvgIpc) is 2.57. The minimum atomic E-state index is 1.07. The maximum absolute atomic E-state index is 2.33. The lowest BCUT2D eigenvalue weighted by atomic mass is 9.80. The van der Waals surface area contributed by atoms with Crippen LogP contribution in [0, 0.1) is 11.8 Å². The zero-order valence-electron chi connectivity index (χ0n) is 15.2. The maximum Gasteiger partial charge on any atom is -0.0307 e. The Balaban J connectivity index is 0.000000327. The van der Waals surface area contributed by atoms with E-state index in [-0.39, 0.29) is 0 Å². The Hall–Kier alpha value is -0.780. The van der Waals surface area contributed by atoms with Crippen LogP contribution in [0.2, 0.25) is 0 Å². The molecule has 0 heterocycles. The lowest BCUT2D eigenvalue weighted by Gasteiger charge is -2.26. The molecule has 0 aliphatic heterocycles. The van der Waals surface area contributed by atoms with Gasteiger partial charge >= 0.3 is 0 Å². The fourth-order valence-corrected chi connectivity index (χ4v) is 2.76. The van der Waals surface area contributed by atoms with Crippen LogP contribution in [0.3, 0.4) is 0 Å². The molecule has 0 atom stereocenters. The second-order valence-corrected chi connectivity index (χ2v) is 6.25. The standard InChI is InChI=1S/C10H20.C8H10.C3H8/c1-3-9-5-7-10(4-2)8-6-9;1-2-8-6-4-3-5-7-8;1-3-2/h9-10H,3-8H2,1-2H3;3-7H,2H2,1H3;3H2,1-2H3. The van der Waals surface area contributed by atoms with E-state index in [0.29, 0.717) is 0 Å². The molecule has 0 amide bonds. The normalized spacial score (nSPS) is 20.6. The topological polar surface area (TPSA) is 0 Å². The van der Waals surface area contributed by atoms with Crippen LogP contribution in [0.25, 0.3) is 0 Å². The summed E-state index contributed by atoms with van der Waals surface area (Å²) in [5.41, 5.74) is 1.41. The highest BCUT2D eigenvalue weighted by Crippen LogP contribution is 2.31. The quantitative estimate of drug-likeness (QED) is 0.548. The summed E-state index contributed by atoms with van der Waals surface area (Å²) >= 11 is 0. The molecule has 1 saturated carbocycles. The van der Waals surface area contributed by atoms with Gasteiger partial charge in [0.25, 0.3) is 0 Å². The zero-order valence-corrected chi connectivity index (χ0v) is 15.2. The van der Waals surface area contributed by atoms with E-state index < -0.39 is 0 Å². The third kappa shape index (κ3) is 10.6. The second kappa shape index (κ2) is 14.2. The molecule has 0 spiro atoms. The van der Waals surface area contributed by atoms with Crippen molar-refractivity contribution in [3.8, 4) is 0 Å². The molecule has 1 aliphatic rings. The van der Waals surface area contributed by atoms with Crippen molar-refractivity contribution >= 4 is 0 Å². The molecule has 2 rings (SSSR count). The van der Waals surface area contributed by atoms with Crippen molar-refractivity contribution in [1.29, 1.82) is 0 Å². The van der Waals surface area contributed by atoms with Gasteiger partial charge in [0, 0.05) is 0 Å². The van der Waals surface area contributed by atoms with Crippen LogP contribution in [0.4, 0.5) is 0 Å². The summed E-state index contributed by atoms with van der Waals surface area (Å²) in [5.74, 6) is 2.14. The van der Waals surface area contributed by atoms with Crippen LogP contribution in [0.1, 0.15) is 85.1 Å². The minimum absolute atomic E-state index is 1.07. The number of rotatable bonds is 3. The molecule has 21 heavy (non-hydrogen) atoms. The third-order valence-electron chi connectivity index (χ3n) is 4.37. The van der Waals surface area contributed by atoms with Gasteiger partial charge < -0.3 is 0 Å². The van der Waals surface area contributed by atoms with Crippen LogP contribution < -0.4 is 0 Å². The number of aryl methyl sites for hydroxylation is 1. The molecular formula is C21H38. The fraction of sp³-hybridized carbons (Fsp3) is 0.714. The van der Waals surface area contributed by atoms with Gasteiger partial charge in [0.2, 0.25) is 0 Å². The summed E-state index contributed by atoms with van der Waals surface area (Å²) in [6.45, 7) is 11.1. The van der Waals surface area contributed by atoms with E-state index in [0.717, 1.165) is 18.3 Å². The van der Waals surface area contributed by atoms with Crippen molar-refractivity contribution in [2.24, 2.45) is 11.8 Å². The molecule has 0 aromatic heterocycles. The van der Waals surface area contributed by atoms with Crippen molar-refractivity contribution in [2.45, 2.75) is 86.0 Å². The third-order valence-corrected chi connectivity index (χ3v) is 4.37. The maximum atomic E-state index is 2.33. The van der Waals surface area contributed by atoms with Gasteiger partial charge in [0.15, 0.2) is 0 Å². The van der Waals surface area contributed by atoms with Crippen LogP contribution in [0.5, 0.6) is 0 Å². The smallest absolute Gasteiger partial charge is 0.0307 e. The first-order valence-corrected chi connectivity index (χ1v) is 9.25. The molecule has 1 aromatic carbocycles. The highest BCUT2D eigenvalue weighted by Gasteiger charge is 2.17. The number of benzene rings is 1. The first kappa shape index (κ1) is 20.2. The molecule has 1 aliphatic carbocycles. The first-order chi connectivity index (χ1) is 10.2. The van der Waals surface area contributed by atoms with Crippen molar-refractivity contribution in [2.75, 3.05) is 0 Å². The molecule has 1 aromatic rings. The van der Waals surface area contributed by atoms with Crippen molar-refractivity contribution in [1.82, 2.24) is 0 Å². The molecule has 0 heteroatoms. The van der Waals surface area contributed by atoms with Crippen LogP contribution in [-0.4, -0.2) is 0 Å². The minimum Gasteiger partial charge on any atom is -0.0656 e. The van der Waals surface area contributed by atoms with Crippen LogP contribution in [-0.2, 0) is 6.42 Å². The van der Waals surface area contributed by atoms with E-state index >= 15 is 0 Å². The highest BCUT2D eigenvalue weighted by atomic mass is 14.2. The van der Waals surface area contributed by atoms with E-state index in [2.05, 4.69) is 58.9 Å². The Bertz CT molecular complexity index is 281. The van der Waals surface area contributed by atoms with Crippen molar-refractivity contribution in [3.05, 3.63) is 35.9 Å². The second-order valence-electron chi connectivity index (χ2n) is 6.25. The van der Waals surface area contributed by atoms with E-state index in [4.69, 9.17) is 0 Å². The predicted octanol–water partition coefficient (Wildman–Crippen LogP) is 7.28. The molecule has 0 unspecified atom stereocenters. The number of hydrogen-bond donors (Lipinski definition) is 0. The van der Waals surface area contributed by atoms with Gasteiger partial charge in [-0.05, 0) is 23.8 Å². The van der Waals surface area contributed by atoms with Crippen molar-refractivity contribution in [3.63, 3.8) is 0 Å². The SMILES string of the molecule is CCC.CCC1CCC(CC)CC1.CCc1ccccc1. The Kier molecular flexibility index (Phi) is 13.6. The lowest BCUT2D eigenvalue weighted by Crippen LogP contribution is -2.12. The van der Waals surface area contributed by atoms with Crippen LogP contribution >= 0.6 is 0 Å². The van der Waals surface area contributed by atoms with E-state index in [1.165, 1.54) is 50.5 Å². The summed E-state index contributed by atoms with van der Waals surface area (Å²) in [4.78, 5) is 0. The summed E-state index contributed by atoms with van der Waals surface area (Å²) < 4.78 is 0. The summed E-state index contributed by atoms with van der Waals surface area (Å²) in [7, 11) is 0. The summed E-state index contributed by atoms with van der Waals surface area (Å²) in [6, 6.07) is 10.5. The highest BCUT2D eigenvalue weighted by molar-refractivity contribution is 5.13. The first-order valence-electron chi connectivity index (χ1n) is 9.25. The predicted molar refractivity (Wildman–Crippen MR) is 97.8 cm³/mol. The monoisotopic (exact) mass is 290 g/mol. The average molecular weight is 291 g/mol. The summed E-state index contributed by atoms with van der Waals surface area (Å²) in [5, 5.41) is 0. The molecular weight excluding hydrogens is 252 g/mol. The van der Waals surface area contributed by atoms with Gasteiger partial charge in [0.1, 0.15) is 0 Å². The van der Waals surface area contributed by atoms with E-state index in [1.807, 2.05) is 6.07 Å². The molecule has 1 fully saturated rings. The molecule has 0 N–H and O–H groups in total. The van der Waals surface area contributed by atoms with Gasteiger partial charge in [-0.15, -0.1) is 0 Å². The summed E-state index contributed by atoms with van der Waals surface area (Å²) in [6.07, 6.45) is 11.3. The van der Waals surface area contributed by atoms with E-state index in [1.54, 1.807) is 0 Å².